The van der Waals surface area contributed by atoms with E-state index in [9.17, 15) is 9.90 Å². The molecule has 0 aromatic heterocycles. The molecule has 0 radical (unpaired) electrons. The van der Waals surface area contributed by atoms with E-state index in [0.29, 0.717) is 6.42 Å². The average Bonchev–Trinajstić information content (AvgIpc) is 2.24. The van der Waals surface area contributed by atoms with E-state index >= 15 is 0 Å². The van der Waals surface area contributed by atoms with Crippen molar-refractivity contribution in [1.82, 2.24) is 0 Å². The van der Waals surface area contributed by atoms with Crippen LogP contribution in [0.15, 0.2) is 11.3 Å². The second-order valence-electron chi connectivity index (χ2n) is 6.97. The summed E-state index contributed by atoms with van der Waals surface area (Å²) in [6.45, 7) is 1.51. The number of allylic oxidation sites excluding steroid dienone is 1. The maximum absolute atomic E-state index is 10.9. The number of aliphatic carboxylic acids is 1. The summed E-state index contributed by atoms with van der Waals surface area (Å²) in [5, 5.41) is 19.0. The monoisotopic (exact) mass is 250 g/mol. The van der Waals surface area contributed by atoms with Gasteiger partial charge in [-0.15, -0.1) is 0 Å². The molecule has 0 heterocycles. The quantitative estimate of drug-likeness (QED) is 0.595. The minimum atomic E-state index is -0.989. The molecule has 4 saturated carbocycles. The van der Waals surface area contributed by atoms with Crippen LogP contribution in [-0.2, 0) is 4.79 Å². The highest BCUT2D eigenvalue weighted by molar-refractivity contribution is 5.86. The van der Waals surface area contributed by atoms with Gasteiger partial charge in [0.05, 0.1) is 5.57 Å². The summed E-state index contributed by atoms with van der Waals surface area (Å²) in [6, 6.07) is 0. The molecule has 3 heteroatoms. The summed E-state index contributed by atoms with van der Waals surface area (Å²) < 4.78 is 0. The van der Waals surface area contributed by atoms with Crippen LogP contribution in [-0.4, -0.2) is 16.2 Å². The lowest BCUT2D eigenvalue weighted by molar-refractivity contribution is -0.132. The highest BCUT2D eigenvalue weighted by Crippen LogP contribution is 2.61. The molecular weight excluding hydrogens is 228 g/mol. The molecule has 0 saturated heterocycles. The molecule has 0 aromatic rings. The van der Waals surface area contributed by atoms with Gasteiger partial charge in [-0.3, -0.25) is 0 Å². The average molecular weight is 250 g/mol. The van der Waals surface area contributed by atoms with Gasteiger partial charge in [0.1, 0.15) is 5.76 Å². The van der Waals surface area contributed by atoms with Gasteiger partial charge in [-0.25, -0.2) is 4.79 Å². The summed E-state index contributed by atoms with van der Waals surface area (Å²) in [6.07, 6.45) is 8.33. The molecular formula is C15H22O3. The Morgan fingerprint density at radius 2 is 1.50 bits per heavy atom. The minimum Gasteiger partial charge on any atom is -0.512 e. The number of hydrogen-bond acceptors (Lipinski definition) is 2. The molecule has 4 fully saturated rings. The van der Waals surface area contributed by atoms with E-state index in [1.54, 1.807) is 0 Å². The van der Waals surface area contributed by atoms with E-state index in [0.717, 1.165) is 17.8 Å². The van der Waals surface area contributed by atoms with Crippen molar-refractivity contribution < 1.29 is 15.0 Å². The summed E-state index contributed by atoms with van der Waals surface area (Å²) in [7, 11) is 0. The van der Waals surface area contributed by atoms with E-state index in [1.807, 2.05) is 0 Å². The van der Waals surface area contributed by atoms with Gasteiger partial charge in [0.2, 0.25) is 0 Å². The van der Waals surface area contributed by atoms with Crippen molar-refractivity contribution in [2.24, 2.45) is 23.2 Å². The summed E-state index contributed by atoms with van der Waals surface area (Å²) in [5.74, 6) is 1.65. The molecule has 4 rings (SSSR count). The molecule has 2 N–H and O–H groups in total. The summed E-state index contributed by atoms with van der Waals surface area (Å²) in [4.78, 5) is 10.9. The lowest BCUT2D eigenvalue weighted by Gasteiger charge is -2.57. The third-order valence-electron chi connectivity index (χ3n) is 5.46. The standard InChI is InChI=1S/C15H22O3/c1-9(14(17)18)13(16)8-15-5-10-2-11(6-15)4-12(3-10)7-15/h10-12,16H,2-8H2,1H3,(H,17,18). The van der Waals surface area contributed by atoms with E-state index in [-0.39, 0.29) is 16.7 Å². The largest absolute Gasteiger partial charge is 0.512 e. The van der Waals surface area contributed by atoms with E-state index in [2.05, 4.69) is 0 Å². The third kappa shape index (κ3) is 1.94. The van der Waals surface area contributed by atoms with Gasteiger partial charge in [-0.2, -0.15) is 0 Å². The molecule has 0 aromatic carbocycles. The second kappa shape index (κ2) is 4.01. The highest BCUT2D eigenvalue weighted by Gasteiger charge is 2.51. The first kappa shape index (κ1) is 12.1. The maximum Gasteiger partial charge on any atom is 0.334 e. The Hall–Kier alpha value is -0.990. The molecule has 0 spiro atoms. The highest BCUT2D eigenvalue weighted by atomic mass is 16.4. The predicted octanol–water partition coefficient (Wildman–Crippen LogP) is 3.51. The molecule has 0 unspecified atom stereocenters. The number of aliphatic hydroxyl groups is 1. The fraction of sp³-hybridized carbons (Fsp3) is 0.800. The Morgan fingerprint density at radius 3 is 1.89 bits per heavy atom. The molecule has 4 bridgehead atoms. The molecule has 0 atom stereocenters. The van der Waals surface area contributed by atoms with Gasteiger partial charge in [-0.1, -0.05) is 0 Å². The Bertz CT molecular complexity index is 373. The van der Waals surface area contributed by atoms with Crippen LogP contribution in [0, 0.1) is 23.2 Å². The van der Waals surface area contributed by atoms with Crippen molar-refractivity contribution in [3.63, 3.8) is 0 Å². The number of aliphatic hydroxyl groups excluding tert-OH is 1. The molecule has 0 aliphatic heterocycles. The first-order valence-corrected chi connectivity index (χ1v) is 7.09. The molecule has 3 nitrogen and oxygen atoms in total. The zero-order valence-corrected chi connectivity index (χ0v) is 11.0. The van der Waals surface area contributed by atoms with Gasteiger partial charge in [0.15, 0.2) is 0 Å². The molecule has 18 heavy (non-hydrogen) atoms. The SMILES string of the molecule is CC(C(=O)O)=C(O)CC12CC3CC(CC(C3)C1)C2. The van der Waals surface area contributed by atoms with Crippen molar-refractivity contribution in [2.45, 2.75) is 51.9 Å². The van der Waals surface area contributed by atoms with E-state index in [1.165, 1.54) is 45.4 Å². The second-order valence-corrected chi connectivity index (χ2v) is 6.97. The van der Waals surface area contributed by atoms with Crippen molar-refractivity contribution in [3.8, 4) is 0 Å². The fourth-order valence-corrected chi connectivity index (χ4v) is 5.12. The Labute approximate surface area is 108 Å². The Kier molecular flexibility index (Phi) is 2.68. The maximum atomic E-state index is 10.9. The number of carboxylic acids is 1. The summed E-state index contributed by atoms with van der Waals surface area (Å²) in [5.41, 5.74) is 0.348. The number of hydrogen-bond donors (Lipinski definition) is 2. The number of rotatable bonds is 3. The van der Waals surface area contributed by atoms with Gasteiger partial charge in [0.25, 0.3) is 0 Å². The van der Waals surface area contributed by atoms with Crippen molar-refractivity contribution in [3.05, 3.63) is 11.3 Å². The fourth-order valence-electron chi connectivity index (χ4n) is 5.12. The Balaban J connectivity index is 1.80. The smallest absolute Gasteiger partial charge is 0.334 e. The zero-order chi connectivity index (χ0) is 12.9. The van der Waals surface area contributed by atoms with Crippen LogP contribution >= 0.6 is 0 Å². The zero-order valence-electron chi connectivity index (χ0n) is 11.0. The van der Waals surface area contributed by atoms with Gasteiger partial charge >= 0.3 is 5.97 Å². The predicted molar refractivity (Wildman–Crippen MR) is 68.2 cm³/mol. The van der Waals surface area contributed by atoms with Crippen LogP contribution in [0.25, 0.3) is 0 Å². The molecule has 100 valence electrons. The lowest BCUT2D eigenvalue weighted by Crippen LogP contribution is -2.46. The first-order valence-electron chi connectivity index (χ1n) is 7.09. The van der Waals surface area contributed by atoms with Gasteiger partial charge in [-0.05, 0) is 68.6 Å². The molecule has 4 aliphatic carbocycles. The van der Waals surface area contributed by atoms with Crippen LogP contribution < -0.4 is 0 Å². The first-order chi connectivity index (χ1) is 8.47. The summed E-state index contributed by atoms with van der Waals surface area (Å²) >= 11 is 0. The lowest BCUT2D eigenvalue weighted by atomic mass is 9.48. The molecule has 0 amide bonds. The van der Waals surface area contributed by atoms with Crippen LogP contribution in [0.5, 0.6) is 0 Å². The third-order valence-corrected chi connectivity index (χ3v) is 5.46. The van der Waals surface area contributed by atoms with Crippen LogP contribution in [0.4, 0.5) is 0 Å². The van der Waals surface area contributed by atoms with Crippen molar-refractivity contribution in [1.29, 1.82) is 0 Å². The number of carboxylic acid groups (broad SMARTS) is 1. The van der Waals surface area contributed by atoms with Crippen LogP contribution in [0.3, 0.4) is 0 Å². The van der Waals surface area contributed by atoms with E-state index in [4.69, 9.17) is 5.11 Å². The number of carbonyl (C=O) groups is 1. The Morgan fingerprint density at radius 1 is 1.06 bits per heavy atom. The van der Waals surface area contributed by atoms with Crippen LogP contribution in [0.2, 0.25) is 0 Å². The van der Waals surface area contributed by atoms with Gasteiger partial charge < -0.3 is 10.2 Å². The normalized spacial score (nSPS) is 42.8. The van der Waals surface area contributed by atoms with E-state index < -0.39 is 5.97 Å². The van der Waals surface area contributed by atoms with Crippen LogP contribution in [0.1, 0.15) is 51.9 Å². The van der Waals surface area contributed by atoms with Crippen molar-refractivity contribution >= 4 is 5.97 Å². The minimum absolute atomic E-state index is 0.115. The van der Waals surface area contributed by atoms with Crippen molar-refractivity contribution in [2.75, 3.05) is 0 Å². The molecule has 4 aliphatic rings. The van der Waals surface area contributed by atoms with Gasteiger partial charge in [0, 0.05) is 6.42 Å². The topological polar surface area (TPSA) is 57.5 Å².